The van der Waals surface area contributed by atoms with Crippen molar-refractivity contribution < 1.29 is 4.57 Å². The highest BCUT2D eigenvalue weighted by molar-refractivity contribution is 6.10. The van der Waals surface area contributed by atoms with Crippen LogP contribution in [0.5, 0.6) is 0 Å². The third kappa shape index (κ3) is 5.37. The molecule has 0 saturated heterocycles. The van der Waals surface area contributed by atoms with Gasteiger partial charge in [0.2, 0.25) is 0 Å². The fraction of sp³-hybridized carbons (Fsp3) is 0.245. The van der Waals surface area contributed by atoms with E-state index in [4.69, 9.17) is 0 Å². The molecule has 0 aliphatic heterocycles. The zero-order chi connectivity index (χ0) is 36.3. The Kier molecular flexibility index (Phi) is 8.62. The second-order valence-corrected chi connectivity index (χ2v) is 15.6. The van der Waals surface area contributed by atoms with Gasteiger partial charge in [-0.3, -0.25) is 0 Å². The minimum absolute atomic E-state index is 0.344. The first-order chi connectivity index (χ1) is 25.2. The molecule has 3 nitrogen and oxygen atoms in total. The highest BCUT2D eigenvalue weighted by Crippen LogP contribution is 2.41. The van der Waals surface area contributed by atoms with Crippen molar-refractivity contribution in [3.05, 3.63) is 156 Å². The lowest BCUT2D eigenvalue weighted by Gasteiger charge is -2.20. The molecule has 0 aliphatic carbocycles. The largest absolute Gasteiger partial charge is 0.309 e. The fourth-order valence-corrected chi connectivity index (χ4v) is 8.39. The van der Waals surface area contributed by atoms with Crippen LogP contribution in [-0.4, -0.2) is 9.13 Å². The fourth-order valence-electron chi connectivity index (χ4n) is 8.39. The van der Waals surface area contributed by atoms with Gasteiger partial charge in [0, 0.05) is 38.7 Å². The van der Waals surface area contributed by atoms with Crippen LogP contribution >= 0.6 is 0 Å². The third-order valence-corrected chi connectivity index (χ3v) is 10.9. The molecule has 6 aromatic carbocycles. The number of imidazole rings is 1. The lowest BCUT2D eigenvalue weighted by molar-refractivity contribution is -0.556. The molecule has 0 unspecified atom stereocenters. The highest BCUT2D eigenvalue weighted by atomic mass is 15.2. The van der Waals surface area contributed by atoms with E-state index in [0.717, 1.165) is 0 Å². The second kappa shape index (κ2) is 13.3. The first kappa shape index (κ1) is 33.7. The zero-order valence-electron chi connectivity index (χ0n) is 31.9. The molecular formula is C49H50N3+. The molecule has 52 heavy (non-hydrogen) atoms. The number of aromatic nitrogens is 3. The van der Waals surface area contributed by atoms with Gasteiger partial charge in [0.1, 0.15) is 11.4 Å². The monoisotopic (exact) mass is 680 g/mol. The number of nitrogens with zero attached hydrogens (tertiary/aromatic N) is 3. The molecule has 0 radical (unpaired) electrons. The van der Waals surface area contributed by atoms with Crippen LogP contribution in [0.2, 0.25) is 0 Å². The first-order valence-corrected chi connectivity index (χ1v) is 19.1. The summed E-state index contributed by atoms with van der Waals surface area (Å²) >= 11 is 0. The summed E-state index contributed by atoms with van der Waals surface area (Å²) in [5, 5.41) is 2.51. The number of hydrogen-bond donors (Lipinski definition) is 0. The quantitative estimate of drug-likeness (QED) is 0.142. The van der Waals surface area contributed by atoms with Gasteiger partial charge >= 0.3 is 0 Å². The molecule has 2 heterocycles. The van der Waals surface area contributed by atoms with E-state index in [2.05, 4.69) is 203 Å². The summed E-state index contributed by atoms with van der Waals surface area (Å²) in [5.74, 6) is 2.56. The summed E-state index contributed by atoms with van der Waals surface area (Å²) in [5.41, 5.74) is 15.3. The molecule has 0 N–H and O–H groups in total. The Morgan fingerprint density at radius 3 is 1.56 bits per heavy atom. The van der Waals surface area contributed by atoms with Crippen LogP contribution < -0.4 is 4.57 Å². The number of hydrogen-bond acceptors (Lipinski definition) is 0. The summed E-state index contributed by atoms with van der Waals surface area (Å²) in [7, 11) is 0. The van der Waals surface area contributed by atoms with Crippen LogP contribution in [0.3, 0.4) is 0 Å². The van der Waals surface area contributed by atoms with Gasteiger partial charge < -0.3 is 4.57 Å². The lowest BCUT2D eigenvalue weighted by Crippen LogP contribution is -2.36. The number of rotatable bonds is 8. The maximum Gasteiger partial charge on any atom is 0.300 e. The van der Waals surface area contributed by atoms with E-state index in [1.54, 1.807) is 0 Å². The Morgan fingerprint density at radius 1 is 0.423 bits per heavy atom. The SMILES string of the molecule is CC(C)c1cccc(C(C)C)c1-n1c(-c2ccc3c(c2)c2ccccc2n3-c2ccccc2)[n+](-c2c(C(C)C)cccc2C(C)C)c2ccccc21. The molecule has 0 bridgehead atoms. The first-order valence-electron chi connectivity index (χ1n) is 19.1. The Hall–Kier alpha value is -5.41. The second-order valence-electron chi connectivity index (χ2n) is 15.6. The summed E-state index contributed by atoms with van der Waals surface area (Å²) in [4.78, 5) is 0. The maximum absolute atomic E-state index is 2.61. The minimum atomic E-state index is 0.344. The van der Waals surface area contributed by atoms with Gasteiger partial charge in [0.15, 0.2) is 11.0 Å². The molecule has 8 rings (SSSR count). The van der Waals surface area contributed by atoms with Crippen molar-refractivity contribution in [1.82, 2.24) is 9.13 Å². The molecule has 0 saturated carbocycles. The Balaban J connectivity index is 1.59. The van der Waals surface area contributed by atoms with E-state index >= 15 is 0 Å². The topological polar surface area (TPSA) is 13.7 Å². The van der Waals surface area contributed by atoms with Crippen LogP contribution in [-0.2, 0) is 0 Å². The van der Waals surface area contributed by atoms with Gasteiger partial charge in [-0.25, -0.2) is 0 Å². The van der Waals surface area contributed by atoms with Gasteiger partial charge in [-0.15, -0.1) is 0 Å². The van der Waals surface area contributed by atoms with Crippen molar-refractivity contribution in [2.75, 3.05) is 0 Å². The van der Waals surface area contributed by atoms with Crippen LogP contribution in [0, 0.1) is 0 Å². The van der Waals surface area contributed by atoms with Crippen molar-refractivity contribution in [1.29, 1.82) is 0 Å². The molecule has 3 heteroatoms. The van der Waals surface area contributed by atoms with Crippen molar-refractivity contribution in [3.8, 4) is 28.5 Å². The van der Waals surface area contributed by atoms with E-state index < -0.39 is 0 Å². The van der Waals surface area contributed by atoms with Crippen molar-refractivity contribution in [2.24, 2.45) is 0 Å². The molecule has 2 aromatic heterocycles. The van der Waals surface area contributed by atoms with Crippen molar-refractivity contribution >= 4 is 32.8 Å². The van der Waals surface area contributed by atoms with E-state index in [9.17, 15) is 0 Å². The molecule has 0 amide bonds. The third-order valence-electron chi connectivity index (χ3n) is 10.9. The normalized spacial score (nSPS) is 12.2. The molecule has 0 atom stereocenters. The van der Waals surface area contributed by atoms with Crippen LogP contribution in [0.4, 0.5) is 0 Å². The van der Waals surface area contributed by atoms with Crippen LogP contribution in [0.1, 0.15) is 101 Å². The van der Waals surface area contributed by atoms with E-state index in [1.807, 2.05) is 0 Å². The summed E-state index contributed by atoms with van der Waals surface area (Å²) in [6.07, 6.45) is 0. The molecule has 0 spiro atoms. The average Bonchev–Trinajstić information content (AvgIpc) is 3.67. The Bertz CT molecular complexity index is 2420. The summed E-state index contributed by atoms with van der Waals surface area (Å²) in [6.45, 7) is 18.6. The van der Waals surface area contributed by atoms with E-state index in [0.29, 0.717) is 23.7 Å². The van der Waals surface area contributed by atoms with Gasteiger partial charge in [-0.1, -0.05) is 140 Å². The predicted octanol–water partition coefficient (Wildman–Crippen LogP) is 13.2. The van der Waals surface area contributed by atoms with Crippen LogP contribution in [0.25, 0.3) is 61.3 Å². The predicted molar refractivity (Wildman–Crippen MR) is 221 cm³/mol. The number of fused-ring (bicyclic) bond motifs is 4. The van der Waals surface area contributed by atoms with Gasteiger partial charge in [-0.05, 0) is 72.2 Å². The molecular weight excluding hydrogens is 631 g/mol. The number of para-hydroxylation sites is 6. The summed E-state index contributed by atoms with van der Waals surface area (Å²) < 4.78 is 7.63. The molecule has 260 valence electrons. The van der Waals surface area contributed by atoms with Crippen molar-refractivity contribution in [2.45, 2.75) is 79.1 Å². The smallest absolute Gasteiger partial charge is 0.300 e. The minimum Gasteiger partial charge on any atom is -0.309 e. The van der Waals surface area contributed by atoms with Crippen LogP contribution in [0.15, 0.2) is 133 Å². The highest BCUT2D eigenvalue weighted by Gasteiger charge is 2.35. The van der Waals surface area contributed by atoms with Gasteiger partial charge in [-0.2, -0.15) is 9.13 Å². The summed E-state index contributed by atoms with van der Waals surface area (Å²) in [6, 6.07) is 49.7. The number of benzene rings is 6. The Labute approximate surface area is 308 Å². The zero-order valence-corrected chi connectivity index (χ0v) is 31.9. The van der Waals surface area contributed by atoms with Crippen molar-refractivity contribution in [3.63, 3.8) is 0 Å². The molecule has 8 aromatic rings. The lowest BCUT2D eigenvalue weighted by atomic mass is 9.92. The van der Waals surface area contributed by atoms with E-state index in [-0.39, 0.29) is 0 Å². The standard InChI is InChI=1S/C49H50N3/c1-31(2)37-21-16-22-38(32(3)4)47(37)51-45-26-14-15-27-46(45)52(48-39(33(5)6)23-17-24-40(48)34(7)8)49(51)35-28-29-44-42(30-35)41-20-12-13-25-43(41)50(44)36-18-10-9-11-19-36/h9-34H,1-8H3/q+1. The van der Waals surface area contributed by atoms with Gasteiger partial charge in [0.25, 0.3) is 5.82 Å². The molecule has 0 aliphatic rings. The Morgan fingerprint density at radius 2 is 0.942 bits per heavy atom. The average molecular weight is 681 g/mol. The van der Waals surface area contributed by atoms with Gasteiger partial charge in [0.05, 0.1) is 16.6 Å². The maximum atomic E-state index is 2.61. The molecule has 0 fully saturated rings. The van der Waals surface area contributed by atoms with E-state index in [1.165, 1.54) is 83.5 Å².